The van der Waals surface area contributed by atoms with E-state index in [1.54, 1.807) is 0 Å². The van der Waals surface area contributed by atoms with E-state index < -0.39 is 0 Å². The van der Waals surface area contributed by atoms with E-state index in [1.807, 2.05) is 0 Å². The molecule has 0 aliphatic heterocycles. The second-order valence-corrected chi connectivity index (χ2v) is 4.70. The van der Waals surface area contributed by atoms with Gasteiger partial charge in [-0.2, -0.15) is 0 Å². The van der Waals surface area contributed by atoms with Crippen molar-refractivity contribution in [2.24, 2.45) is 17.3 Å². The highest BCUT2D eigenvalue weighted by molar-refractivity contribution is 5.89. The molecule has 2 aliphatic carbocycles. The van der Waals surface area contributed by atoms with Crippen LogP contribution in [0.5, 0.6) is 0 Å². The van der Waals surface area contributed by atoms with Gasteiger partial charge in [0.15, 0.2) is 0 Å². The van der Waals surface area contributed by atoms with Crippen molar-refractivity contribution in [3.8, 4) is 0 Å². The summed E-state index contributed by atoms with van der Waals surface area (Å²) in [4.78, 5) is 11.4. The van der Waals surface area contributed by atoms with Gasteiger partial charge < -0.3 is 5.32 Å². The first-order chi connectivity index (χ1) is 5.65. The van der Waals surface area contributed by atoms with Crippen molar-refractivity contribution in [2.45, 2.75) is 33.1 Å². The number of carbonyl (C=O) groups is 1. The Kier molecular flexibility index (Phi) is 1.67. The molecule has 0 aromatic rings. The highest BCUT2D eigenvalue weighted by atomic mass is 16.2. The summed E-state index contributed by atoms with van der Waals surface area (Å²) in [5, 5.41) is 3.02. The van der Waals surface area contributed by atoms with Gasteiger partial charge in [0.2, 0.25) is 5.91 Å². The SMILES string of the molecule is CC(C)CCNC(=O)C12CC1C2. The maximum absolute atomic E-state index is 11.4. The molecule has 12 heavy (non-hydrogen) atoms. The number of hydrogen-bond acceptors (Lipinski definition) is 1. The summed E-state index contributed by atoms with van der Waals surface area (Å²) in [6.07, 6.45) is 3.44. The molecule has 0 heterocycles. The predicted molar refractivity (Wildman–Crippen MR) is 47.6 cm³/mol. The summed E-state index contributed by atoms with van der Waals surface area (Å²) >= 11 is 0. The largest absolute Gasteiger partial charge is 0.356 e. The van der Waals surface area contributed by atoms with E-state index in [1.165, 1.54) is 12.8 Å². The van der Waals surface area contributed by atoms with Crippen LogP contribution in [0.25, 0.3) is 0 Å². The van der Waals surface area contributed by atoms with Crippen LogP contribution in [0.3, 0.4) is 0 Å². The zero-order valence-corrected chi connectivity index (χ0v) is 7.89. The van der Waals surface area contributed by atoms with Crippen molar-refractivity contribution in [3.63, 3.8) is 0 Å². The molecule has 0 spiro atoms. The first kappa shape index (κ1) is 8.09. The second-order valence-electron chi connectivity index (χ2n) is 4.70. The molecule has 2 aliphatic rings. The molecule has 0 radical (unpaired) electrons. The van der Waals surface area contributed by atoms with Crippen molar-refractivity contribution in [1.82, 2.24) is 5.32 Å². The van der Waals surface area contributed by atoms with Gasteiger partial charge >= 0.3 is 0 Å². The fourth-order valence-corrected chi connectivity index (χ4v) is 1.72. The third kappa shape index (κ3) is 1.23. The third-order valence-corrected chi connectivity index (χ3v) is 3.14. The summed E-state index contributed by atoms with van der Waals surface area (Å²) in [5.74, 6) is 1.79. The predicted octanol–water partition coefficient (Wildman–Crippen LogP) is 1.56. The molecule has 2 rings (SSSR count). The summed E-state index contributed by atoms with van der Waals surface area (Å²) in [6, 6.07) is 0. The molecule has 2 fully saturated rings. The first-order valence-electron chi connectivity index (χ1n) is 4.93. The lowest BCUT2D eigenvalue weighted by atomic mass is 10.1. The average molecular weight is 167 g/mol. The van der Waals surface area contributed by atoms with Crippen LogP contribution < -0.4 is 5.32 Å². The van der Waals surface area contributed by atoms with Gasteiger partial charge in [-0.15, -0.1) is 0 Å². The van der Waals surface area contributed by atoms with Crippen LogP contribution in [0.4, 0.5) is 0 Å². The molecule has 0 bridgehead atoms. The lowest BCUT2D eigenvalue weighted by Gasteiger charge is -2.08. The zero-order chi connectivity index (χ0) is 8.77. The lowest BCUT2D eigenvalue weighted by molar-refractivity contribution is -0.124. The number of carbonyl (C=O) groups excluding carboxylic acids is 1. The molecule has 2 saturated carbocycles. The summed E-state index contributed by atoms with van der Waals surface area (Å²) in [6.45, 7) is 5.23. The van der Waals surface area contributed by atoms with Gasteiger partial charge in [0, 0.05) is 6.54 Å². The zero-order valence-electron chi connectivity index (χ0n) is 7.89. The molecule has 0 unspecified atom stereocenters. The molecule has 2 heteroatoms. The lowest BCUT2D eigenvalue weighted by Crippen LogP contribution is -2.29. The monoisotopic (exact) mass is 167 g/mol. The smallest absolute Gasteiger partial charge is 0.226 e. The quantitative estimate of drug-likeness (QED) is 0.676. The van der Waals surface area contributed by atoms with E-state index in [9.17, 15) is 4.79 Å². The molecule has 0 atom stereocenters. The Bertz CT molecular complexity index is 204. The Hall–Kier alpha value is -0.530. The number of hydrogen-bond donors (Lipinski definition) is 1. The van der Waals surface area contributed by atoms with E-state index in [-0.39, 0.29) is 5.41 Å². The summed E-state index contributed by atoms with van der Waals surface area (Å²) in [5.41, 5.74) is 0.164. The van der Waals surface area contributed by atoms with Crippen molar-refractivity contribution < 1.29 is 4.79 Å². The third-order valence-electron chi connectivity index (χ3n) is 3.14. The average Bonchev–Trinajstić information content (AvgIpc) is 2.69. The molecular formula is C10H17NO. The van der Waals surface area contributed by atoms with Crippen molar-refractivity contribution in [3.05, 3.63) is 0 Å². The molecule has 0 saturated heterocycles. The first-order valence-corrected chi connectivity index (χ1v) is 4.93. The summed E-state index contributed by atoms with van der Waals surface area (Å²) in [7, 11) is 0. The molecule has 68 valence electrons. The minimum Gasteiger partial charge on any atom is -0.356 e. The van der Waals surface area contributed by atoms with Crippen LogP contribution in [0.1, 0.15) is 33.1 Å². The van der Waals surface area contributed by atoms with Gasteiger partial charge in [-0.3, -0.25) is 4.79 Å². The number of rotatable bonds is 4. The topological polar surface area (TPSA) is 29.1 Å². The van der Waals surface area contributed by atoms with Crippen molar-refractivity contribution in [2.75, 3.05) is 6.54 Å². The van der Waals surface area contributed by atoms with Gasteiger partial charge in [0.05, 0.1) is 5.41 Å². The Morgan fingerprint density at radius 1 is 1.58 bits per heavy atom. The van der Waals surface area contributed by atoms with E-state index in [4.69, 9.17) is 0 Å². The molecule has 1 N–H and O–H groups in total. The van der Waals surface area contributed by atoms with Crippen LogP contribution in [0, 0.1) is 17.3 Å². The van der Waals surface area contributed by atoms with Gasteiger partial charge in [-0.05, 0) is 31.1 Å². The molecule has 2 nitrogen and oxygen atoms in total. The molecular weight excluding hydrogens is 150 g/mol. The normalized spacial score (nSPS) is 36.1. The summed E-state index contributed by atoms with van der Waals surface area (Å²) < 4.78 is 0. The molecule has 0 aromatic heterocycles. The number of fused-ring (bicyclic) bond motifs is 1. The van der Waals surface area contributed by atoms with Crippen LogP contribution in [0.2, 0.25) is 0 Å². The van der Waals surface area contributed by atoms with Gasteiger partial charge in [-0.1, -0.05) is 13.8 Å². The highest BCUT2D eigenvalue weighted by Crippen LogP contribution is 2.75. The minimum absolute atomic E-state index is 0.164. The van der Waals surface area contributed by atoms with Gasteiger partial charge in [0.1, 0.15) is 0 Å². The molecule has 1 amide bonds. The van der Waals surface area contributed by atoms with Gasteiger partial charge in [-0.25, -0.2) is 0 Å². The van der Waals surface area contributed by atoms with Crippen LogP contribution >= 0.6 is 0 Å². The fraction of sp³-hybridized carbons (Fsp3) is 0.900. The Morgan fingerprint density at radius 2 is 2.17 bits per heavy atom. The minimum atomic E-state index is 0.164. The van der Waals surface area contributed by atoms with Crippen molar-refractivity contribution >= 4 is 5.91 Å². The van der Waals surface area contributed by atoms with Crippen molar-refractivity contribution in [1.29, 1.82) is 0 Å². The Labute approximate surface area is 73.7 Å². The second kappa shape index (κ2) is 2.48. The van der Waals surface area contributed by atoms with Crippen LogP contribution in [-0.4, -0.2) is 12.5 Å². The van der Waals surface area contributed by atoms with E-state index in [0.717, 1.165) is 18.9 Å². The van der Waals surface area contributed by atoms with Gasteiger partial charge in [0.25, 0.3) is 0 Å². The van der Waals surface area contributed by atoms with E-state index in [2.05, 4.69) is 19.2 Å². The number of nitrogens with one attached hydrogen (secondary N) is 1. The van der Waals surface area contributed by atoms with Crippen LogP contribution in [-0.2, 0) is 4.79 Å². The van der Waals surface area contributed by atoms with Crippen LogP contribution in [0.15, 0.2) is 0 Å². The maximum atomic E-state index is 11.4. The Balaban J connectivity index is 1.64. The number of amides is 1. The molecule has 0 aromatic carbocycles. The van der Waals surface area contributed by atoms with E-state index >= 15 is 0 Å². The van der Waals surface area contributed by atoms with E-state index in [0.29, 0.717) is 11.8 Å². The fourth-order valence-electron chi connectivity index (χ4n) is 1.72. The maximum Gasteiger partial charge on any atom is 0.226 e. The standard InChI is InChI=1S/C10H17NO/c1-7(2)3-4-11-9(12)10-5-8(10)6-10/h7-8H,3-6H2,1-2H3,(H,11,12). The Morgan fingerprint density at radius 3 is 2.58 bits per heavy atom. The highest BCUT2D eigenvalue weighted by Gasteiger charge is 2.74.